The Labute approximate surface area is 139 Å². The Kier molecular flexibility index (Phi) is 3.22. The molecule has 8 nitrogen and oxygen atoms in total. The second-order valence-corrected chi connectivity index (χ2v) is 6.80. The minimum atomic E-state index is 0.555. The van der Waals surface area contributed by atoms with Gasteiger partial charge in [0.25, 0.3) is 0 Å². The number of aromatic nitrogens is 6. The van der Waals surface area contributed by atoms with Crippen LogP contribution in [0.1, 0.15) is 30.1 Å². The van der Waals surface area contributed by atoms with E-state index in [9.17, 15) is 0 Å². The molecule has 0 atom stereocenters. The van der Waals surface area contributed by atoms with E-state index in [1.807, 2.05) is 23.0 Å². The quantitative estimate of drug-likeness (QED) is 0.702. The summed E-state index contributed by atoms with van der Waals surface area (Å²) in [5, 5.41) is 23.6. The third kappa shape index (κ3) is 2.52. The Hall–Kier alpha value is -2.48. The largest absolute Gasteiger partial charge is 0.354 e. The molecule has 5 rings (SSSR count). The van der Waals surface area contributed by atoms with Crippen molar-refractivity contribution in [2.45, 2.75) is 25.3 Å². The Morgan fingerprint density at radius 1 is 1.21 bits per heavy atom. The lowest BCUT2D eigenvalue weighted by Crippen LogP contribution is -2.51. The van der Waals surface area contributed by atoms with Crippen molar-refractivity contribution in [3.05, 3.63) is 35.9 Å². The van der Waals surface area contributed by atoms with Crippen LogP contribution in [0.2, 0.25) is 0 Å². The topological polar surface area (TPSA) is 87.0 Å². The number of nitrogens with one attached hydrogen (secondary N) is 2. The zero-order valence-corrected chi connectivity index (χ0v) is 13.4. The zero-order valence-electron chi connectivity index (χ0n) is 13.4. The molecule has 2 aliphatic rings. The molecule has 1 saturated carbocycles. The van der Waals surface area contributed by atoms with Gasteiger partial charge in [0.05, 0.1) is 6.20 Å². The number of fused-ring (bicyclic) bond motifs is 1. The van der Waals surface area contributed by atoms with E-state index in [0.29, 0.717) is 11.8 Å². The third-order valence-electron chi connectivity index (χ3n) is 4.81. The zero-order chi connectivity index (χ0) is 15.9. The Bertz CT molecular complexity index is 829. The predicted octanol–water partition coefficient (Wildman–Crippen LogP) is 0.951. The van der Waals surface area contributed by atoms with Crippen LogP contribution >= 0.6 is 0 Å². The lowest BCUT2D eigenvalue weighted by atomic mass is 10.0. The summed E-state index contributed by atoms with van der Waals surface area (Å²) < 4.78 is 1.93. The van der Waals surface area contributed by atoms with Gasteiger partial charge in [0.15, 0.2) is 11.5 Å². The minimum absolute atomic E-state index is 0.555. The molecule has 124 valence electrons. The molecule has 1 aliphatic heterocycles. The van der Waals surface area contributed by atoms with Crippen LogP contribution in [-0.2, 0) is 6.54 Å². The van der Waals surface area contributed by atoms with Gasteiger partial charge in [-0.2, -0.15) is 9.61 Å². The highest BCUT2D eigenvalue weighted by Crippen LogP contribution is 2.38. The highest BCUT2D eigenvalue weighted by Gasteiger charge is 2.31. The molecular formula is C16H20N8. The average Bonchev–Trinajstić information content (AvgIpc) is 3.10. The second-order valence-electron chi connectivity index (χ2n) is 6.80. The number of hydrogen-bond donors (Lipinski definition) is 2. The van der Waals surface area contributed by atoms with Gasteiger partial charge < -0.3 is 10.2 Å². The SMILES string of the molecule is c1n[nH]cc1CNCC1CN(c2ccc3nnc(C4CC4)n3n2)C1. The highest BCUT2D eigenvalue weighted by molar-refractivity contribution is 5.47. The van der Waals surface area contributed by atoms with Gasteiger partial charge in [0.1, 0.15) is 5.82 Å². The van der Waals surface area contributed by atoms with Crippen LogP contribution in [0.25, 0.3) is 5.65 Å². The van der Waals surface area contributed by atoms with Crippen molar-refractivity contribution in [2.75, 3.05) is 24.5 Å². The van der Waals surface area contributed by atoms with Gasteiger partial charge in [-0.1, -0.05) is 0 Å². The van der Waals surface area contributed by atoms with Crippen LogP contribution in [0.3, 0.4) is 0 Å². The van der Waals surface area contributed by atoms with Gasteiger partial charge in [-0.3, -0.25) is 5.10 Å². The van der Waals surface area contributed by atoms with Crippen molar-refractivity contribution in [1.82, 2.24) is 35.3 Å². The molecule has 0 bridgehead atoms. The highest BCUT2D eigenvalue weighted by atomic mass is 15.4. The molecule has 3 aromatic heterocycles. The first-order valence-electron chi connectivity index (χ1n) is 8.52. The van der Waals surface area contributed by atoms with Gasteiger partial charge in [-0.15, -0.1) is 15.3 Å². The van der Waals surface area contributed by atoms with Crippen molar-refractivity contribution >= 4 is 11.5 Å². The number of H-pyrrole nitrogens is 1. The lowest BCUT2D eigenvalue weighted by Gasteiger charge is -2.40. The van der Waals surface area contributed by atoms with E-state index in [-0.39, 0.29) is 0 Å². The van der Waals surface area contributed by atoms with Crippen molar-refractivity contribution in [3.8, 4) is 0 Å². The van der Waals surface area contributed by atoms with Crippen molar-refractivity contribution in [2.24, 2.45) is 5.92 Å². The first kappa shape index (κ1) is 13.9. The number of nitrogens with zero attached hydrogens (tertiary/aromatic N) is 6. The summed E-state index contributed by atoms with van der Waals surface area (Å²) in [5.41, 5.74) is 2.04. The van der Waals surface area contributed by atoms with Crippen LogP contribution in [0, 0.1) is 5.92 Å². The third-order valence-corrected chi connectivity index (χ3v) is 4.81. The van der Waals surface area contributed by atoms with E-state index >= 15 is 0 Å². The molecule has 4 heterocycles. The first-order valence-corrected chi connectivity index (χ1v) is 8.52. The Balaban J connectivity index is 1.19. The monoisotopic (exact) mass is 324 g/mol. The maximum absolute atomic E-state index is 4.76. The molecule has 0 unspecified atom stereocenters. The van der Waals surface area contributed by atoms with Gasteiger partial charge in [-0.05, 0) is 25.0 Å². The fourth-order valence-corrected chi connectivity index (χ4v) is 3.24. The van der Waals surface area contributed by atoms with Gasteiger partial charge in [-0.25, -0.2) is 0 Å². The molecule has 1 aliphatic carbocycles. The molecule has 8 heteroatoms. The number of aromatic amines is 1. The summed E-state index contributed by atoms with van der Waals surface area (Å²) in [4.78, 5) is 2.32. The molecule has 0 spiro atoms. The van der Waals surface area contributed by atoms with Gasteiger partial charge >= 0.3 is 0 Å². The number of anilines is 1. The summed E-state index contributed by atoms with van der Waals surface area (Å²) in [7, 11) is 0. The van der Waals surface area contributed by atoms with E-state index in [0.717, 1.165) is 43.5 Å². The van der Waals surface area contributed by atoms with Crippen molar-refractivity contribution in [3.63, 3.8) is 0 Å². The fraction of sp³-hybridized carbons (Fsp3) is 0.500. The van der Waals surface area contributed by atoms with Crippen LogP contribution in [-0.4, -0.2) is 49.6 Å². The molecular weight excluding hydrogens is 304 g/mol. The Morgan fingerprint density at radius 3 is 2.92 bits per heavy atom. The average molecular weight is 324 g/mol. The summed E-state index contributed by atoms with van der Waals surface area (Å²) >= 11 is 0. The fourth-order valence-electron chi connectivity index (χ4n) is 3.24. The summed E-state index contributed by atoms with van der Waals surface area (Å²) in [6.07, 6.45) is 6.20. The first-order chi connectivity index (χ1) is 11.9. The Morgan fingerprint density at radius 2 is 2.12 bits per heavy atom. The molecule has 3 aromatic rings. The molecule has 0 amide bonds. The summed E-state index contributed by atoms with van der Waals surface area (Å²) in [6, 6.07) is 4.07. The van der Waals surface area contributed by atoms with E-state index in [1.165, 1.54) is 18.4 Å². The van der Waals surface area contributed by atoms with Crippen LogP contribution in [0.4, 0.5) is 5.82 Å². The molecule has 24 heavy (non-hydrogen) atoms. The molecule has 0 radical (unpaired) electrons. The maximum Gasteiger partial charge on any atom is 0.178 e. The van der Waals surface area contributed by atoms with Crippen LogP contribution < -0.4 is 10.2 Å². The van der Waals surface area contributed by atoms with Crippen molar-refractivity contribution < 1.29 is 0 Å². The van der Waals surface area contributed by atoms with E-state index in [2.05, 4.69) is 36.7 Å². The van der Waals surface area contributed by atoms with Crippen molar-refractivity contribution in [1.29, 1.82) is 0 Å². The standard InChI is InChI=1S/C16H20N8/c1-2-13(1)16-21-20-14-3-4-15(22-24(14)16)23-9-12(10-23)6-17-5-11-7-18-19-8-11/h3-4,7-8,12-13,17H,1-2,5-6,9-10H2,(H,18,19). The van der Waals surface area contributed by atoms with Gasteiger partial charge in [0, 0.05) is 49.8 Å². The molecule has 2 fully saturated rings. The van der Waals surface area contributed by atoms with E-state index in [1.54, 1.807) is 0 Å². The van der Waals surface area contributed by atoms with Gasteiger partial charge in [0.2, 0.25) is 0 Å². The van der Waals surface area contributed by atoms with E-state index < -0.39 is 0 Å². The number of rotatable bonds is 6. The minimum Gasteiger partial charge on any atom is -0.354 e. The molecule has 0 aromatic carbocycles. The lowest BCUT2D eigenvalue weighted by molar-refractivity contribution is 0.381. The summed E-state index contributed by atoms with van der Waals surface area (Å²) in [5.74, 6) is 3.26. The number of hydrogen-bond acceptors (Lipinski definition) is 6. The smallest absolute Gasteiger partial charge is 0.178 e. The van der Waals surface area contributed by atoms with Crippen LogP contribution in [0.5, 0.6) is 0 Å². The van der Waals surface area contributed by atoms with Crippen LogP contribution in [0.15, 0.2) is 24.5 Å². The molecule has 2 N–H and O–H groups in total. The predicted molar refractivity (Wildman–Crippen MR) is 88.8 cm³/mol. The maximum atomic E-state index is 4.76. The normalized spacial score (nSPS) is 18.2. The molecule has 1 saturated heterocycles. The van der Waals surface area contributed by atoms with E-state index in [4.69, 9.17) is 5.10 Å². The summed E-state index contributed by atoms with van der Waals surface area (Å²) in [6.45, 7) is 3.96. The second kappa shape index (κ2) is 5.55.